The number of likely N-dealkylation sites (N-methyl/N-ethyl adjacent to an activating group) is 1. The van der Waals surface area contributed by atoms with Crippen molar-refractivity contribution in [3.63, 3.8) is 0 Å². The zero-order chi connectivity index (χ0) is 15.1. The summed E-state index contributed by atoms with van der Waals surface area (Å²) in [5.41, 5.74) is 4.92. The number of hydrogen-bond donors (Lipinski definition) is 4. The van der Waals surface area contributed by atoms with Gasteiger partial charge in [0.2, 0.25) is 5.91 Å². The Balaban J connectivity index is 2.26. The van der Waals surface area contributed by atoms with Gasteiger partial charge in [-0.25, -0.2) is 9.59 Å². The van der Waals surface area contributed by atoms with Crippen LogP contribution in [0, 0.1) is 0 Å². The van der Waals surface area contributed by atoms with E-state index in [2.05, 4.69) is 22.5 Å². The zero-order valence-corrected chi connectivity index (χ0v) is 11.6. The third-order valence-corrected chi connectivity index (χ3v) is 3.16. The molecule has 0 bridgehead atoms. The molecular weight excluding hydrogens is 264 g/mol. The second-order valence-electron chi connectivity index (χ2n) is 4.82. The normalized spacial score (nSPS) is 15.7. The molecule has 0 aromatic heterocycles. The summed E-state index contributed by atoms with van der Waals surface area (Å²) in [7, 11) is 0. The zero-order valence-electron chi connectivity index (χ0n) is 11.6. The quantitative estimate of drug-likeness (QED) is 0.437. The molecule has 20 heavy (non-hydrogen) atoms. The summed E-state index contributed by atoms with van der Waals surface area (Å²) in [4.78, 5) is 35.3. The average molecular weight is 286 g/mol. The Morgan fingerprint density at radius 3 is 2.50 bits per heavy atom. The SMILES string of the molecule is CCN(CCNC(=O)N[C@H](CC(N)=O)C(=O)O)C1CC1. The van der Waals surface area contributed by atoms with Crippen LogP contribution in [-0.2, 0) is 9.59 Å². The highest BCUT2D eigenvalue weighted by Gasteiger charge is 2.27. The lowest BCUT2D eigenvalue weighted by molar-refractivity contribution is -0.140. The topological polar surface area (TPSA) is 125 Å². The van der Waals surface area contributed by atoms with E-state index in [0.29, 0.717) is 12.6 Å². The van der Waals surface area contributed by atoms with Crippen LogP contribution in [0.5, 0.6) is 0 Å². The van der Waals surface area contributed by atoms with Gasteiger partial charge >= 0.3 is 12.0 Å². The molecule has 1 rings (SSSR count). The van der Waals surface area contributed by atoms with Crippen LogP contribution in [0.15, 0.2) is 0 Å². The van der Waals surface area contributed by atoms with E-state index in [1.807, 2.05) is 0 Å². The number of carbonyl (C=O) groups is 3. The van der Waals surface area contributed by atoms with Crippen LogP contribution in [0.1, 0.15) is 26.2 Å². The van der Waals surface area contributed by atoms with Gasteiger partial charge in [-0.3, -0.25) is 9.69 Å². The monoisotopic (exact) mass is 286 g/mol. The van der Waals surface area contributed by atoms with Gasteiger partial charge in [0, 0.05) is 19.1 Å². The Morgan fingerprint density at radius 2 is 2.05 bits per heavy atom. The minimum Gasteiger partial charge on any atom is -0.480 e. The van der Waals surface area contributed by atoms with Crippen molar-refractivity contribution in [1.82, 2.24) is 15.5 Å². The number of primary amides is 1. The molecule has 0 aromatic rings. The van der Waals surface area contributed by atoms with Crippen LogP contribution in [0.3, 0.4) is 0 Å². The molecule has 0 aliphatic heterocycles. The summed E-state index contributed by atoms with van der Waals surface area (Å²) < 4.78 is 0. The molecule has 1 aliphatic carbocycles. The first-order valence-electron chi connectivity index (χ1n) is 6.73. The smallest absolute Gasteiger partial charge is 0.326 e. The molecule has 114 valence electrons. The highest BCUT2D eigenvalue weighted by molar-refractivity contribution is 5.87. The van der Waals surface area contributed by atoms with Gasteiger partial charge in [-0.1, -0.05) is 6.92 Å². The predicted molar refractivity (Wildman–Crippen MR) is 72.0 cm³/mol. The van der Waals surface area contributed by atoms with Crippen molar-refractivity contribution in [2.75, 3.05) is 19.6 Å². The third-order valence-electron chi connectivity index (χ3n) is 3.16. The molecule has 5 N–H and O–H groups in total. The Bertz CT molecular complexity index is 370. The molecule has 0 saturated heterocycles. The Labute approximate surface area is 117 Å². The first-order valence-corrected chi connectivity index (χ1v) is 6.73. The second kappa shape index (κ2) is 7.68. The van der Waals surface area contributed by atoms with E-state index >= 15 is 0 Å². The van der Waals surface area contributed by atoms with Crippen molar-refractivity contribution in [2.45, 2.75) is 38.3 Å². The number of nitrogens with one attached hydrogen (secondary N) is 2. The fourth-order valence-corrected chi connectivity index (χ4v) is 1.96. The number of amides is 3. The molecular formula is C12H22N4O4. The third kappa shape index (κ3) is 5.87. The van der Waals surface area contributed by atoms with Gasteiger partial charge in [0.1, 0.15) is 6.04 Å². The summed E-state index contributed by atoms with van der Waals surface area (Å²) in [5, 5.41) is 13.6. The van der Waals surface area contributed by atoms with Crippen molar-refractivity contribution < 1.29 is 19.5 Å². The number of rotatable bonds is 9. The van der Waals surface area contributed by atoms with Gasteiger partial charge in [-0.15, -0.1) is 0 Å². The molecule has 0 unspecified atom stereocenters. The maximum atomic E-state index is 11.5. The molecule has 8 heteroatoms. The largest absolute Gasteiger partial charge is 0.480 e. The van der Waals surface area contributed by atoms with Crippen LogP contribution < -0.4 is 16.4 Å². The molecule has 0 spiro atoms. The molecule has 1 atom stereocenters. The fraction of sp³-hybridized carbons (Fsp3) is 0.750. The molecule has 8 nitrogen and oxygen atoms in total. The number of nitrogens with zero attached hydrogens (tertiary/aromatic N) is 1. The number of urea groups is 1. The summed E-state index contributed by atoms with van der Waals surface area (Å²) in [5.74, 6) is -2.06. The van der Waals surface area contributed by atoms with E-state index in [1.165, 1.54) is 12.8 Å². The van der Waals surface area contributed by atoms with E-state index < -0.39 is 30.4 Å². The Kier molecular flexibility index (Phi) is 6.23. The van der Waals surface area contributed by atoms with Gasteiger partial charge in [0.05, 0.1) is 6.42 Å². The molecule has 0 heterocycles. The highest BCUT2D eigenvalue weighted by atomic mass is 16.4. The minimum atomic E-state index is -1.29. The van der Waals surface area contributed by atoms with Crippen LogP contribution in [-0.4, -0.2) is 59.6 Å². The minimum absolute atomic E-state index is 0.425. The molecule has 3 amide bonds. The van der Waals surface area contributed by atoms with E-state index in [4.69, 9.17) is 10.8 Å². The fourth-order valence-electron chi connectivity index (χ4n) is 1.96. The van der Waals surface area contributed by atoms with Gasteiger partial charge in [-0.2, -0.15) is 0 Å². The van der Waals surface area contributed by atoms with Gasteiger partial charge in [0.25, 0.3) is 0 Å². The van der Waals surface area contributed by atoms with Gasteiger partial charge in [0.15, 0.2) is 0 Å². The first-order chi connectivity index (χ1) is 9.43. The lowest BCUT2D eigenvalue weighted by Gasteiger charge is -2.20. The van der Waals surface area contributed by atoms with Gasteiger partial charge < -0.3 is 21.5 Å². The van der Waals surface area contributed by atoms with E-state index in [0.717, 1.165) is 13.1 Å². The van der Waals surface area contributed by atoms with E-state index in [9.17, 15) is 14.4 Å². The predicted octanol–water partition coefficient (Wildman–Crippen LogP) is -0.901. The van der Waals surface area contributed by atoms with Crippen LogP contribution in [0.2, 0.25) is 0 Å². The van der Waals surface area contributed by atoms with Crippen molar-refractivity contribution in [1.29, 1.82) is 0 Å². The van der Waals surface area contributed by atoms with E-state index in [-0.39, 0.29) is 0 Å². The lowest BCUT2D eigenvalue weighted by atomic mass is 10.2. The number of aliphatic carboxylic acids is 1. The maximum absolute atomic E-state index is 11.5. The standard InChI is InChI=1S/C12H22N4O4/c1-2-16(8-3-4-8)6-5-14-12(20)15-9(11(18)19)7-10(13)17/h8-9H,2-7H2,1H3,(H2,13,17)(H,18,19)(H2,14,15,20)/t9-/m1/s1. The maximum Gasteiger partial charge on any atom is 0.326 e. The van der Waals surface area contributed by atoms with Crippen molar-refractivity contribution >= 4 is 17.9 Å². The van der Waals surface area contributed by atoms with Crippen LogP contribution >= 0.6 is 0 Å². The average Bonchev–Trinajstić information content (AvgIpc) is 3.17. The molecule has 0 aromatic carbocycles. The van der Waals surface area contributed by atoms with Crippen LogP contribution in [0.25, 0.3) is 0 Å². The van der Waals surface area contributed by atoms with Crippen LogP contribution in [0.4, 0.5) is 4.79 Å². The Hall–Kier alpha value is -1.83. The number of nitrogens with two attached hydrogens (primary N) is 1. The summed E-state index contributed by atoms with van der Waals surface area (Å²) in [6, 6.07) is -1.28. The molecule has 1 fully saturated rings. The lowest BCUT2D eigenvalue weighted by Crippen LogP contribution is -2.49. The second-order valence-corrected chi connectivity index (χ2v) is 4.82. The highest BCUT2D eigenvalue weighted by Crippen LogP contribution is 2.25. The number of carboxylic acids is 1. The number of carbonyl (C=O) groups excluding carboxylic acids is 2. The van der Waals surface area contributed by atoms with Crippen molar-refractivity contribution in [3.05, 3.63) is 0 Å². The number of hydrogen-bond acceptors (Lipinski definition) is 4. The number of carboxylic acid groups (broad SMARTS) is 1. The Morgan fingerprint density at radius 1 is 1.40 bits per heavy atom. The first kappa shape index (κ1) is 16.2. The molecule has 1 saturated carbocycles. The van der Waals surface area contributed by atoms with Gasteiger partial charge in [-0.05, 0) is 19.4 Å². The van der Waals surface area contributed by atoms with Crippen molar-refractivity contribution in [2.24, 2.45) is 5.73 Å². The summed E-state index contributed by atoms with van der Waals surface area (Å²) >= 11 is 0. The molecule has 1 aliphatic rings. The summed E-state index contributed by atoms with van der Waals surface area (Å²) in [6.45, 7) is 4.14. The van der Waals surface area contributed by atoms with E-state index in [1.54, 1.807) is 0 Å². The van der Waals surface area contributed by atoms with Crippen molar-refractivity contribution in [3.8, 4) is 0 Å². The summed E-state index contributed by atoms with van der Waals surface area (Å²) in [6.07, 6.45) is 1.96. The molecule has 0 radical (unpaired) electrons.